The Kier molecular flexibility index (Phi) is 3.61. The van der Waals surface area contributed by atoms with E-state index in [9.17, 15) is 0 Å². The molecule has 1 aliphatic heterocycles. The van der Waals surface area contributed by atoms with Crippen molar-refractivity contribution >= 4 is 10.9 Å². The second-order valence-electron chi connectivity index (χ2n) is 5.95. The van der Waals surface area contributed by atoms with Gasteiger partial charge in [-0.25, -0.2) is 0 Å². The fourth-order valence-electron chi connectivity index (χ4n) is 3.29. The van der Waals surface area contributed by atoms with Crippen LogP contribution in [0.1, 0.15) is 43.2 Å². The van der Waals surface area contributed by atoms with Crippen molar-refractivity contribution in [3.63, 3.8) is 0 Å². The average Bonchev–Trinajstić information content (AvgIpc) is 2.83. The number of rotatable bonds is 3. The van der Waals surface area contributed by atoms with Crippen LogP contribution in [0, 0.1) is 0 Å². The summed E-state index contributed by atoms with van der Waals surface area (Å²) in [6.45, 7) is 4.71. The number of benzene rings is 1. The van der Waals surface area contributed by atoms with Crippen molar-refractivity contribution < 1.29 is 0 Å². The zero-order valence-electron chi connectivity index (χ0n) is 12.1. The van der Waals surface area contributed by atoms with Crippen molar-refractivity contribution in [3.05, 3.63) is 35.5 Å². The van der Waals surface area contributed by atoms with Crippen molar-refractivity contribution in [2.45, 2.75) is 38.5 Å². The van der Waals surface area contributed by atoms with Crippen molar-refractivity contribution in [1.82, 2.24) is 9.88 Å². The minimum Gasteiger partial charge on any atom is -0.361 e. The van der Waals surface area contributed by atoms with E-state index in [0.717, 1.165) is 5.92 Å². The molecule has 0 aliphatic carbocycles. The Bertz CT molecular complexity index is 547. The van der Waals surface area contributed by atoms with E-state index < -0.39 is 0 Å². The first-order valence-electron chi connectivity index (χ1n) is 7.56. The lowest BCUT2D eigenvalue weighted by Gasteiger charge is -2.28. The van der Waals surface area contributed by atoms with Gasteiger partial charge in [0.2, 0.25) is 0 Å². The van der Waals surface area contributed by atoms with Crippen LogP contribution in [0.4, 0.5) is 0 Å². The second kappa shape index (κ2) is 5.38. The molecule has 1 aromatic carbocycles. The maximum absolute atomic E-state index is 3.45. The molecule has 2 heterocycles. The summed E-state index contributed by atoms with van der Waals surface area (Å²) in [6.07, 6.45) is 7.24. The molecule has 2 aromatic rings. The fourth-order valence-corrected chi connectivity index (χ4v) is 3.29. The van der Waals surface area contributed by atoms with E-state index in [2.05, 4.69) is 48.3 Å². The van der Waals surface area contributed by atoms with Crippen LogP contribution >= 0.6 is 0 Å². The zero-order valence-corrected chi connectivity index (χ0v) is 12.1. The molecule has 3 rings (SSSR count). The highest BCUT2D eigenvalue weighted by Crippen LogP contribution is 2.33. The van der Waals surface area contributed by atoms with Crippen LogP contribution in [0.2, 0.25) is 0 Å². The van der Waals surface area contributed by atoms with Gasteiger partial charge in [0.25, 0.3) is 0 Å². The maximum atomic E-state index is 3.45. The lowest BCUT2D eigenvalue weighted by Crippen LogP contribution is -2.29. The number of H-pyrrole nitrogens is 1. The molecule has 1 aromatic heterocycles. The Labute approximate surface area is 115 Å². The molecule has 2 heteroatoms. The predicted octanol–water partition coefficient (Wildman–Crippen LogP) is 3.93. The molecular formula is C17H24N2. The van der Waals surface area contributed by atoms with Gasteiger partial charge in [0.1, 0.15) is 0 Å². The minimum atomic E-state index is 0.738. The lowest BCUT2D eigenvalue weighted by atomic mass is 9.89. The summed E-state index contributed by atoms with van der Waals surface area (Å²) in [6, 6.07) is 6.92. The fraction of sp³-hybridized carbons (Fsp3) is 0.529. The molecule has 1 saturated heterocycles. The minimum absolute atomic E-state index is 0.738. The Balaban J connectivity index is 1.92. The molecule has 0 unspecified atom stereocenters. The largest absolute Gasteiger partial charge is 0.361 e. The van der Waals surface area contributed by atoms with Gasteiger partial charge >= 0.3 is 0 Å². The van der Waals surface area contributed by atoms with E-state index in [4.69, 9.17) is 0 Å². The topological polar surface area (TPSA) is 19.0 Å². The normalized spacial score (nSPS) is 18.2. The van der Waals surface area contributed by atoms with Crippen LogP contribution in [0.5, 0.6) is 0 Å². The van der Waals surface area contributed by atoms with Crippen LogP contribution < -0.4 is 0 Å². The van der Waals surface area contributed by atoms with E-state index >= 15 is 0 Å². The number of aromatic amines is 1. The Morgan fingerprint density at radius 1 is 1.26 bits per heavy atom. The molecule has 0 amide bonds. The van der Waals surface area contributed by atoms with Crippen LogP contribution in [0.3, 0.4) is 0 Å². The van der Waals surface area contributed by atoms with Crippen molar-refractivity contribution in [3.8, 4) is 0 Å². The highest BCUT2D eigenvalue weighted by molar-refractivity contribution is 5.84. The van der Waals surface area contributed by atoms with Crippen molar-refractivity contribution in [1.29, 1.82) is 0 Å². The second-order valence-corrected chi connectivity index (χ2v) is 5.95. The molecule has 1 fully saturated rings. The number of fused-ring (bicyclic) bond motifs is 1. The third kappa shape index (κ3) is 2.55. The van der Waals surface area contributed by atoms with Crippen LogP contribution in [-0.2, 0) is 6.42 Å². The van der Waals surface area contributed by atoms with E-state index in [1.165, 1.54) is 55.2 Å². The first-order valence-corrected chi connectivity index (χ1v) is 7.56. The van der Waals surface area contributed by atoms with Gasteiger partial charge in [-0.15, -0.1) is 0 Å². The first-order chi connectivity index (χ1) is 9.28. The molecule has 0 bridgehead atoms. The van der Waals surface area contributed by atoms with E-state index in [1.54, 1.807) is 5.56 Å². The van der Waals surface area contributed by atoms with Crippen LogP contribution in [0.15, 0.2) is 24.4 Å². The van der Waals surface area contributed by atoms with Gasteiger partial charge in [0.05, 0.1) is 0 Å². The molecule has 0 spiro atoms. The summed E-state index contributed by atoms with van der Waals surface area (Å²) in [5.41, 5.74) is 4.32. The number of piperidine rings is 1. The Morgan fingerprint density at radius 2 is 2.05 bits per heavy atom. The molecule has 1 N–H and O–H groups in total. The Hall–Kier alpha value is -1.28. The number of hydrogen-bond acceptors (Lipinski definition) is 1. The number of likely N-dealkylation sites (tertiary alicyclic amines) is 1. The summed E-state index contributed by atoms with van der Waals surface area (Å²) in [7, 11) is 2.23. The molecule has 0 atom stereocenters. The molecule has 1 aliphatic rings. The molecular weight excluding hydrogens is 232 g/mol. The van der Waals surface area contributed by atoms with Gasteiger partial charge in [0, 0.05) is 17.1 Å². The molecule has 0 radical (unpaired) electrons. The van der Waals surface area contributed by atoms with Gasteiger partial charge in [-0.3, -0.25) is 0 Å². The summed E-state index contributed by atoms with van der Waals surface area (Å²) in [5.74, 6) is 0.738. The standard InChI is InChI=1S/C17H24N2/c1-3-4-13-5-6-17-15(11-13)16(12-18-17)14-7-9-19(2)10-8-14/h5-6,11-12,14,18H,3-4,7-10H2,1-2H3. The van der Waals surface area contributed by atoms with Crippen molar-refractivity contribution in [2.75, 3.05) is 20.1 Å². The number of nitrogens with one attached hydrogen (secondary N) is 1. The highest BCUT2D eigenvalue weighted by Gasteiger charge is 2.20. The third-order valence-electron chi connectivity index (χ3n) is 4.48. The summed E-state index contributed by atoms with van der Waals surface area (Å²) >= 11 is 0. The molecule has 102 valence electrons. The number of aromatic nitrogens is 1. The molecule has 19 heavy (non-hydrogen) atoms. The van der Waals surface area contributed by atoms with Crippen molar-refractivity contribution in [2.24, 2.45) is 0 Å². The number of hydrogen-bond donors (Lipinski definition) is 1. The van der Waals surface area contributed by atoms with E-state index in [0.29, 0.717) is 0 Å². The predicted molar refractivity (Wildman–Crippen MR) is 81.8 cm³/mol. The van der Waals surface area contributed by atoms with Gasteiger partial charge in [-0.2, -0.15) is 0 Å². The lowest BCUT2D eigenvalue weighted by molar-refractivity contribution is 0.256. The number of nitrogens with zero attached hydrogens (tertiary/aromatic N) is 1. The van der Waals surface area contributed by atoms with E-state index in [-0.39, 0.29) is 0 Å². The van der Waals surface area contributed by atoms with Crippen LogP contribution in [0.25, 0.3) is 10.9 Å². The zero-order chi connectivity index (χ0) is 13.2. The van der Waals surface area contributed by atoms with Gasteiger partial charge in [0.15, 0.2) is 0 Å². The number of aryl methyl sites for hydroxylation is 1. The molecule has 0 saturated carbocycles. The summed E-state index contributed by atoms with van der Waals surface area (Å²) in [5, 5.41) is 1.46. The molecule has 2 nitrogen and oxygen atoms in total. The van der Waals surface area contributed by atoms with E-state index in [1.807, 2.05) is 0 Å². The quantitative estimate of drug-likeness (QED) is 0.881. The third-order valence-corrected chi connectivity index (χ3v) is 4.48. The SMILES string of the molecule is CCCc1ccc2[nH]cc(C3CCN(C)CC3)c2c1. The van der Waals surface area contributed by atoms with Crippen LogP contribution in [-0.4, -0.2) is 30.0 Å². The summed E-state index contributed by atoms with van der Waals surface area (Å²) < 4.78 is 0. The summed E-state index contributed by atoms with van der Waals surface area (Å²) in [4.78, 5) is 5.89. The smallest absolute Gasteiger partial charge is 0.0457 e. The highest BCUT2D eigenvalue weighted by atomic mass is 15.1. The average molecular weight is 256 g/mol. The maximum Gasteiger partial charge on any atom is 0.0457 e. The monoisotopic (exact) mass is 256 g/mol. The van der Waals surface area contributed by atoms with Gasteiger partial charge in [-0.05, 0) is 68.6 Å². The van der Waals surface area contributed by atoms with Gasteiger partial charge in [-0.1, -0.05) is 19.4 Å². The Morgan fingerprint density at radius 3 is 2.79 bits per heavy atom. The van der Waals surface area contributed by atoms with Gasteiger partial charge < -0.3 is 9.88 Å². The first kappa shape index (κ1) is 12.7.